The Morgan fingerprint density at radius 1 is 1.07 bits per heavy atom. The second kappa shape index (κ2) is 9.89. The summed E-state index contributed by atoms with van der Waals surface area (Å²) in [7, 11) is -2.09. The molecule has 0 spiro atoms. The lowest BCUT2D eigenvalue weighted by atomic mass is 10.1. The summed E-state index contributed by atoms with van der Waals surface area (Å²) in [5.74, 6) is 0.344. The molecule has 1 aliphatic heterocycles. The highest BCUT2D eigenvalue weighted by Gasteiger charge is 2.38. The summed E-state index contributed by atoms with van der Waals surface area (Å²) < 4.78 is 37.8. The lowest BCUT2D eigenvalue weighted by molar-refractivity contribution is -0.149. The maximum atomic E-state index is 13.0. The molecule has 2 aromatic carbocycles. The topological polar surface area (TPSA) is 72.9 Å². The number of aryl methyl sites for hydroxylation is 1. The zero-order valence-electron chi connectivity index (χ0n) is 16.6. The predicted octanol–water partition coefficient (Wildman–Crippen LogP) is 3.41. The normalized spacial score (nSPS) is 17.6. The summed E-state index contributed by atoms with van der Waals surface area (Å²) in [6.45, 7) is 0.601. The summed E-state index contributed by atoms with van der Waals surface area (Å²) in [6, 6.07) is 15.3. The second-order valence-electron chi connectivity index (χ2n) is 7.06. The molecular formula is C22H27NO5S. The third kappa shape index (κ3) is 5.36. The quantitative estimate of drug-likeness (QED) is 0.486. The summed E-state index contributed by atoms with van der Waals surface area (Å²) in [5, 5.41) is 0. The molecule has 29 heavy (non-hydrogen) atoms. The van der Waals surface area contributed by atoms with Crippen molar-refractivity contribution < 1.29 is 22.7 Å². The number of sulfonamides is 1. The SMILES string of the molecule is COc1ccc(CCCOC(=O)C2CCCCN2S(=O)(=O)c2ccccc2)cc1. The van der Waals surface area contributed by atoms with Crippen LogP contribution in [0, 0.1) is 0 Å². The molecule has 1 fully saturated rings. The molecule has 156 valence electrons. The third-order valence-corrected chi connectivity index (χ3v) is 7.01. The van der Waals surface area contributed by atoms with E-state index in [0.29, 0.717) is 19.4 Å². The summed E-state index contributed by atoms with van der Waals surface area (Å²) >= 11 is 0. The molecule has 0 radical (unpaired) electrons. The Kier molecular flexibility index (Phi) is 7.28. The number of carbonyl (C=O) groups is 1. The third-order valence-electron chi connectivity index (χ3n) is 5.09. The van der Waals surface area contributed by atoms with Gasteiger partial charge in [0.25, 0.3) is 0 Å². The van der Waals surface area contributed by atoms with Crippen LogP contribution in [0.15, 0.2) is 59.5 Å². The molecule has 3 rings (SSSR count). The van der Waals surface area contributed by atoms with Crippen molar-refractivity contribution in [2.24, 2.45) is 0 Å². The molecule has 0 saturated carbocycles. The van der Waals surface area contributed by atoms with Crippen LogP contribution in [-0.2, 0) is 26.0 Å². The fourth-order valence-corrected chi connectivity index (χ4v) is 5.16. The molecule has 7 heteroatoms. The molecule has 0 aromatic heterocycles. The van der Waals surface area contributed by atoms with Crippen LogP contribution in [0.2, 0.25) is 0 Å². The van der Waals surface area contributed by atoms with Gasteiger partial charge in [0.2, 0.25) is 10.0 Å². The lowest BCUT2D eigenvalue weighted by Gasteiger charge is -2.33. The van der Waals surface area contributed by atoms with Gasteiger partial charge < -0.3 is 9.47 Å². The first-order chi connectivity index (χ1) is 14.0. The number of nitrogens with zero attached hydrogens (tertiary/aromatic N) is 1. The highest BCUT2D eigenvalue weighted by Crippen LogP contribution is 2.26. The Morgan fingerprint density at radius 3 is 2.48 bits per heavy atom. The fourth-order valence-electron chi connectivity index (χ4n) is 3.49. The van der Waals surface area contributed by atoms with E-state index in [1.165, 1.54) is 4.31 Å². The Hall–Kier alpha value is -2.38. The van der Waals surface area contributed by atoms with Gasteiger partial charge in [-0.3, -0.25) is 4.79 Å². The second-order valence-corrected chi connectivity index (χ2v) is 8.95. The Bertz CT molecular complexity index is 897. The standard InChI is InChI=1S/C22H27NO5S/c1-27-19-14-12-18(13-15-19)8-7-17-28-22(24)21-11-5-6-16-23(21)29(25,26)20-9-3-2-4-10-20/h2-4,9-10,12-15,21H,5-8,11,16-17H2,1H3. The van der Waals surface area contributed by atoms with Gasteiger partial charge >= 0.3 is 5.97 Å². The van der Waals surface area contributed by atoms with E-state index >= 15 is 0 Å². The summed E-state index contributed by atoms with van der Waals surface area (Å²) in [6.07, 6.45) is 3.49. The molecule has 2 aromatic rings. The summed E-state index contributed by atoms with van der Waals surface area (Å²) in [5.41, 5.74) is 1.13. The number of hydrogen-bond donors (Lipinski definition) is 0. The monoisotopic (exact) mass is 417 g/mol. The first-order valence-electron chi connectivity index (χ1n) is 9.89. The lowest BCUT2D eigenvalue weighted by Crippen LogP contribution is -2.48. The van der Waals surface area contributed by atoms with E-state index in [4.69, 9.17) is 9.47 Å². The molecule has 1 saturated heterocycles. The van der Waals surface area contributed by atoms with E-state index in [1.54, 1.807) is 37.4 Å². The van der Waals surface area contributed by atoms with Crippen LogP contribution in [0.5, 0.6) is 5.75 Å². The van der Waals surface area contributed by atoms with Crippen LogP contribution in [0.3, 0.4) is 0 Å². The van der Waals surface area contributed by atoms with Crippen molar-refractivity contribution in [1.82, 2.24) is 4.31 Å². The highest BCUT2D eigenvalue weighted by atomic mass is 32.2. The Labute approximate surface area is 172 Å². The van der Waals surface area contributed by atoms with Gasteiger partial charge in [0, 0.05) is 6.54 Å². The zero-order valence-corrected chi connectivity index (χ0v) is 17.4. The Morgan fingerprint density at radius 2 is 1.79 bits per heavy atom. The van der Waals surface area contributed by atoms with E-state index < -0.39 is 22.0 Å². The van der Waals surface area contributed by atoms with Gasteiger partial charge in [0.1, 0.15) is 11.8 Å². The maximum absolute atomic E-state index is 13.0. The van der Waals surface area contributed by atoms with Gasteiger partial charge in [-0.05, 0) is 61.9 Å². The number of benzene rings is 2. The van der Waals surface area contributed by atoms with Crippen LogP contribution in [0.1, 0.15) is 31.2 Å². The number of rotatable bonds is 8. The molecule has 0 N–H and O–H groups in total. The average molecular weight is 418 g/mol. The molecule has 6 nitrogen and oxygen atoms in total. The van der Waals surface area contributed by atoms with Gasteiger partial charge in [-0.25, -0.2) is 8.42 Å². The minimum absolute atomic E-state index is 0.208. The van der Waals surface area contributed by atoms with Crippen molar-refractivity contribution in [1.29, 1.82) is 0 Å². The van der Waals surface area contributed by atoms with Crippen LogP contribution in [-0.4, -0.2) is 45.0 Å². The van der Waals surface area contributed by atoms with Gasteiger partial charge in [0.05, 0.1) is 18.6 Å². The molecule has 1 unspecified atom stereocenters. The van der Waals surface area contributed by atoms with E-state index in [9.17, 15) is 13.2 Å². The minimum Gasteiger partial charge on any atom is -0.497 e. The summed E-state index contributed by atoms with van der Waals surface area (Å²) in [4.78, 5) is 12.8. The fraction of sp³-hybridized carbons (Fsp3) is 0.409. The number of esters is 1. The van der Waals surface area contributed by atoms with E-state index in [-0.39, 0.29) is 11.5 Å². The highest BCUT2D eigenvalue weighted by molar-refractivity contribution is 7.89. The molecule has 1 heterocycles. The molecule has 1 aliphatic rings. The van der Waals surface area contributed by atoms with Gasteiger partial charge in [-0.1, -0.05) is 30.3 Å². The Balaban J connectivity index is 1.56. The number of hydrogen-bond acceptors (Lipinski definition) is 5. The number of methoxy groups -OCH3 is 1. The smallest absolute Gasteiger partial charge is 0.324 e. The molecule has 0 aliphatic carbocycles. The van der Waals surface area contributed by atoms with Crippen molar-refractivity contribution in [2.75, 3.05) is 20.3 Å². The van der Waals surface area contributed by atoms with E-state index in [0.717, 1.165) is 30.6 Å². The van der Waals surface area contributed by atoms with Crippen LogP contribution < -0.4 is 4.74 Å². The number of carbonyl (C=O) groups excluding carboxylic acids is 1. The van der Waals surface area contributed by atoms with Crippen LogP contribution >= 0.6 is 0 Å². The molecular weight excluding hydrogens is 390 g/mol. The van der Waals surface area contributed by atoms with Crippen molar-refractivity contribution in [3.05, 3.63) is 60.2 Å². The van der Waals surface area contributed by atoms with Gasteiger partial charge in [-0.15, -0.1) is 0 Å². The van der Waals surface area contributed by atoms with Crippen molar-refractivity contribution in [3.8, 4) is 5.75 Å². The number of ether oxygens (including phenoxy) is 2. The van der Waals surface area contributed by atoms with E-state index in [2.05, 4.69) is 0 Å². The van der Waals surface area contributed by atoms with Gasteiger partial charge in [0.15, 0.2) is 0 Å². The maximum Gasteiger partial charge on any atom is 0.324 e. The average Bonchev–Trinajstić information content (AvgIpc) is 2.77. The molecule has 0 bridgehead atoms. The van der Waals surface area contributed by atoms with Crippen molar-refractivity contribution >= 4 is 16.0 Å². The van der Waals surface area contributed by atoms with Crippen LogP contribution in [0.4, 0.5) is 0 Å². The minimum atomic E-state index is -3.72. The van der Waals surface area contributed by atoms with Crippen molar-refractivity contribution in [3.63, 3.8) is 0 Å². The van der Waals surface area contributed by atoms with Gasteiger partial charge in [-0.2, -0.15) is 4.31 Å². The molecule has 0 amide bonds. The first kappa shape index (κ1) is 21.3. The first-order valence-corrected chi connectivity index (χ1v) is 11.3. The van der Waals surface area contributed by atoms with Crippen molar-refractivity contribution in [2.45, 2.75) is 43.0 Å². The molecule has 1 atom stereocenters. The van der Waals surface area contributed by atoms with E-state index in [1.807, 2.05) is 24.3 Å². The zero-order chi connectivity index (χ0) is 20.7. The number of piperidine rings is 1. The van der Waals surface area contributed by atoms with Crippen LogP contribution in [0.25, 0.3) is 0 Å². The largest absolute Gasteiger partial charge is 0.497 e. The predicted molar refractivity (Wildman–Crippen MR) is 110 cm³/mol.